The van der Waals surface area contributed by atoms with Crippen LogP contribution >= 0.6 is 0 Å². The van der Waals surface area contributed by atoms with Crippen LogP contribution in [0.3, 0.4) is 0 Å². The third-order valence-corrected chi connectivity index (χ3v) is 3.94. The Morgan fingerprint density at radius 2 is 1.92 bits per heavy atom. The highest BCUT2D eigenvalue weighted by molar-refractivity contribution is 5.87. The molecule has 0 bridgehead atoms. The molecule has 1 heterocycles. The Morgan fingerprint density at radius 3 is 2.48 bits per heavy atom. The first-order valence-corrected chi connectivity index (χ1v) is 7.65. The number of carboxylic acids is 1. The number of hydrogen-bond donors (Lipinski definition) is 2. The van der Waals surface area contributed by atoms with Crippen molar-refractivity contribution >= 4 is 11.7 Å². The van der Waals surface area contributed by atoms with Gasteiger partial charge in [-0.3, -0.25) is 0 Å². The maximum atomic E-state index is 12.2. The molecule has 0 saturated carbocycles. The van der Waals surface area contributed by atoms with Crippen LogP contribution in [0.1, 0.15) is 11.1 Å². The second-order valence-electron chi connectivity index (χ2n) is 5.60. The van der Waals surface area contributed by atoms with Gasteiger partial charge < -0.3 is 19.9 Å². The summed E-state index contributed by atoms with van der Waals surface area (Å²) in [5.74, 6) is -0.884. The van der Waals surface area contributed by atoms with E-state index in [-0.39, 0.29) is 19.0 Å². The molecular formula is C19H16N2O4. The fourth-order valence-corrected chi connectivity index (χ4v) is 2.67. The van der Waals surface area contributed by atoms with Gasteiger partial charge in [-0.15, -0.1) is 0 Å². The second kappa shape index (κ2) is 6.97. The molecule has 0 amide bonds. The highest BCUT2D eigenvalue weighted by Crippen LogP contribution is 2.31. The minimum Gasteiger partial charge on any atom is -0.479 e. The quantitative estimate of drug-likeness (QED) is 0.843. The summed E-state index contributed by atoms with van der Waals surface area (Å²) in [6.07, 6.45) is 1.49. The van der Waals surface area contributed by atoms with Gasteiger partial charge >= 0.3 is 5.97 Å². The van der Waals surface area contributed by atoms with E-state index in [1.165, 1.54) is 6.26 Å². The van der Waals surface area contributed by atoms with Gasteiger partial charge in [-0.2, -0.15) is 5.26 Å². The number of carbonyl (C=O) groups is 1. The lowest BCUT2D eigenvalue weighted by Gasteiger charge is -2.31. The maximum absolute atomic E-state index is 12.2. The van der Waals surface area contributed by atoms with Gasteiger partial charge in [-0.1, -0.05) is 30.3 Å². The van der Waals surface area contributed by atoms with Gasteiger partial charge in [0.1, 0.15) is 6.26 Å². The highest BCUT2D eigenvalue weighted by atomic mass is 16.7. The molecule has 0 fully saturated rings. The van der Waals surface area contributed by atoms with E-state index in [1.807, 2.05) is 36.4 Å². The van der Waals surface area contributed by atoms with Crippen molar-refractivity contribution in [2.24, 2.45) is 0 Å². The van der Waals surface area contributed by atoms with Crippen LogP contribution in [-0.2, 0) is 20.7 Å². The molecule has 2 aromatic rings. The largest absolute Gasteiger partial charge is 0.479 e. The number of carboxylic acid groups (broad SMARTS) is 1. The summed E-state index contributed by atoms with van der Waals surface area (Å²) in [6.45, 7) is -0.0196. The van der Waals surface area contributed by atoms with Crippen molar-refractivity contribution in [3.8, 4) is 6.07 Å². The summed E-state index contributed by atoms with van der Waals surface area (Å²) in [4.78, 5) is 12.2. The van der Waals surface area contributed by atoms with E-state index >= 15 is 0 Å². The van der Waals surface area contributed by atoms with Gasteiger partial charge in [0.2, 0.25) is 12.3 Å². The van der Waals surface area contributed by atoms with Crippen molar-refractivity contribution in [3.63, 3.8) is 0 Å². The number of rotatable bonds is 6. The summed E-state index contributed by atoms with van der Waals surface area (Å²) in [5.41, 5.74) is 0.372. The van der Waals surface area contributed by atoms with Crippen LogP contribution in [-0.4, -0.2) is 23.4 Å². The summed E-state index contributed by atoms with van der Waals surface area (Å²) >= 11 is 0. The van der Waals surface area contributed by atoms with E-state index in [4.69, 9.17) is 14.7 Å². The van der Waals surface area contributed by atoms with Crippen molar-refractivity contribution in [2.75, 3.05) is 12.1 Å². The van der Waals surface area contributed by atoms with Gasteiger partial charge in [0.15, 0.2) is 5.76 Å². The topological polar surface area (TPSA) is 91.6 Å². The molecule has 1 atom stereocenters. The van der Waals surface area contributed by atoms with Crippen LogP contribution in [0.2, 0.25) is 0 Å². The van der Waals surface area contributed by atoms with E-state index in [0.717, 1.165) is 5.56 Å². The molecule has 0 spiro atoms. The highest BCUT2D eigenvalue weighted by Gasteiger charge is 2.46. The number of nitrogens with zero attached hydrogens (tertiary/aromatic N) is 1. The Morgan fingerprint density at radius 1 is 1.20 bits per heavy atom. The normalized spacial score (nSPS) is 15.1. The number of anilines is 1. The van der Waals surface area contributed by atoms with Gasteiger partial charge in [-0.05, 0) is 29.8 Å². The Bertz CT molecular complexity index is 825. The van der Waals surface area contributed by atoms with Crippen LogP contribution in [0.25, 0.3) is 0 Å². The molecule has 1 aliphatic rings. The number of aliphatic carboxylic acids is 1. The van der Waals surface area contributed by atoms with E-state index in [2.05, 4.69) is 5.32 Å². The lowest BCUT2D eigenvalue weighted by atomic mass is 9.88. The Hall–Kier alpha value is -3.46. The zero-order valence-corrected chi connectivity index (χ0v) is 13.3. The fraction of sp³-hybridized carbons (Fsp3) is 0.158. The minimum absolute atomic E-state index is 0.0196. The van der Waals surface area contributed by atoms with Crippen molar-refractivity contribution in [1.82, 2.24) is 0 Å². The zero-order valence-electron chi connectivity index (χ0n) is 13.3. The first kappa shape index (κ1) is 16.4. The lowest BCUT2D eigenvalue weighted by Crippen LogP contribution is -2.50. The SMILES string of the molecule is N#Cc1ccc(NC(Cc2ccccc2)(C(=O)O)C2=COCO2)cc1. The monoisotopic (exact) mass is 336 g/mol. The van der Waals surface area contributed by atoms with Crippen LogP contribution in [0.5, 0.6) is 0 Å². The van der Waals surface area contributed by atoms with Crippen molar-refractivity contribution in [2.45, 2.75) is 12.0 Å². The Kier molecular flexibility index (Phi) is 4.57. The molecule has 1 unspecified atom stereocenters. The van der Waals surface area contributed by atoms with Crippen LogP contribution in [0.15, 0.2) is 66.6 Å². The smallest absolute Gasteiger partial charge is 0.337 e. The summed E-state index contributed by atoms with van der Waals surface area (Å²) in [5, 5.41) is 22.0. The first-order valence-electron chi connectivity index (χ1n) is 7.65. The Labute approximate surface area is 144 Å². The molecule has 6 nitrogen and oxygen atoms in total. The molecule has 0 radical (unpaired) electrons. The number of hydrogen-bond acceptors (Lipinski definition) is 5. The van der Waals surface area contributed by atoms with E-state index in [9.17, 15) is 9.90 Å². The van der Waals surface area contributed by atoms with Crippen LogP contribution in [0.4, 0.5) is 5.69 Å². The molecule has 0 saturated heterocycles. The lowest BCUT2D eigenvalue weighted by molar-refractivity contribution is -0.142. The Balaban J connectivity index is 2.00. The molecular weight excluding hydrogens is 320 g/mol. The van der Waals surface area contributed by atoms with Gasteiger partial charge in [0, 0.05) is 12.1 Å². The molecule has 126 valence electrons. The zero-order chi connectivity index (χ0) is 17.7. The number of benzene rings is 2. The number of nitrogens with one attached hydrogen (secondary N) is 1. The third-order valence-electron chi connectivity index (χ3n) is 3.94. The third kappa shape index (κ3) is 3.40. The predicted octanol–water partition coefficient (Wildman–Crippen LogP) is 2.88. The van der Waals surface area contributed by atoms with Gasteiger partial charge in [0.25, 0.3) is 0 Å². The van der Waals surface area contributed by atoms with Crippen LogP contribution in [0, 0.1) is 11.3 Å². The molecule has 3 rings (SSSR count). The average Bonchev–Trinajstić information content (AvgIpc) is 3.17. The fourth-order valence-electron chi connectivity index (χ4n) is 2.67. The summed E-state index contributed by atoms with van der Waals surface area (Å²) in [7, 11) is 0. The molecule has 2 aromatic carbocycles. The average molecular weight is 336 g/mol. The molecule has 0 aromatic heterocycles. The predicted molar refractivity (Wildman–Crippen MR) is 90.4 cm³/mol. The number of ether oxygens (including phenoxy) is 2. The van der Waals surface area contributed by atoms with Crippen molar-refractivity contribution < 1.29 is 19.4 Å². The van der Waals surface area contributed by atoms with E-state index in [1.54, 1.807) is 24.3 Å². The van der Waals surface area contributed by atoms with E-state index in [0.29, 0.717) is 11.3 Å². The van der Waals surface area contributed by atoms with E-state index < -0.39 is 11.5 Å². The second-order valence-corrected chi connectivity index (χ2v) is 5.60. The standard InChI is InChI=1S/C19H16N2O4/c20-11-15-6-8-16(9-7-15)21-19(18(22)23,17-12-24-13-25-17)10-14-4-2-1-3-5-14/h1-9,12,21H,10,13H2,(H,22,23). The summed E-state index contributed by atoms with van der Waals surface area (Å²) in [6, 6.07) is 17.9. The first-order chi connectivity index (χ1) is 12.1. The van der Waals surface area contributed by atoms with Crippen molar-refractivity contribution in [3.05, 3.63) is 77.7 Å². The van der Waals surface area contributed by atoms with Gasteiger partial charge in [-0.25, -0.2) is 4.79 Å². The molecule has 1 aliphatic heterocycles. The number of nitriles is 1. The summed E-state index contributed by atoms with van der Waals surface area (Å²) < 4.78 is 10.5. The van der Waals surface area contributed by atoms with Crippen molar-refractivity contribution in [1.29, 1.82) is 5.26 Å². The molecule has 0 aliphatic carbocycles. The molecule has 25 heavy (non-hydrogen) atoms. The van der Waals surface area contributed by atoms with Gasteiger partial charge in [0.05, 0.1) is 11.6 Å². The molecule has 2 N–H and O–H groups in total. The minimum atomic E-state index is -1.52. The van der Waals surface area contributed by atoms with Crippen LogP contribution < -0.4 is 5.32 Å². The molecule has 6 heteroatoms. The maximum Gasteiger partial charge on any atom is 0.337 e.